The van der Waals surface area contributed by atoms with E-state index < -0.39 is 0 Å². The van der Waals surface area contributed by atoms with Crippen molar-refractivity contribution in [2.75, 3.05) is 9.80 Å². The van der Waals surface area contributed by atoms with Crippen LogP contribution in [0.1, 0.15) is 95.9 Å². The SMILES string of the molecule is CC(C)(C)c1ccc(N(c2ccc(-c3ccccc3)cc2)c2ccc3c(c2)C2(c4cc(N(c5ccc(-c6ccccc6)cc5)c5ccc(C(C)(C)C)cc5)c5ccccc5c4O3)C3CC4CC(C3)CC2C4)cc1. The molecule has 1 heterocycles. The summed E-state index contributed by atoms with van der Waals surface area (Å²) in [4.78, 5) is 5.01. The fourth-order valence-corrected chi connectivity index (χ4v) is 14.0. The van der Waals surface area contributed by atoms with E-state index in [4.69, 9.17) is 4.74 Å². The molecule has 0 atom stereocenters. The van der Waals surface area contributed by atoms with Crippen LogP contribution >= 0.6 is 0 Å². The van der Waals surface area contributed by atoms with Gasteiger partial charge in [-0.15, -0.1) is 0 Å². The van der Waals surface area contributed by atoms with Crippen molar-refractivity contribution in [3.05, 3.63) is 229 Å². The number of fused-ring (bicyclic) bond motifs is 4. The first-order chi connectivity index (χ1) is 35.4. The highest BCUT2D eigenvalue weighted by Gasteiger charge is 2.62. The van der Waals surface area contributed by atoms with E-state index in [9.17, 15) is 0 Å². The molecule has 0 aromatic heterocycles. The molecule has 4 fully saturated rings. The molecule has 0 saturated heterocycles. The maximum Gasteiger partial charge on any atom is 0.139 e. The van der Waals surface area contributed by atoms with Crippen molar-refractivity contribution < 1.29 is 4.74 Å². The maximum atomic E-state index is 7.51. The summed E-state index contributed by atoms with van der Waals surface area (Å²) in [7, 11) is 0. The fourth-order valence-electron chi connectivity index (χ4n) is 14.0. The van der Waals surface area contributed by atoms with Gasteiger partial charge in [0.05, 0.1) is 5.69 Å². The summed E-state index contributed by atoms with van der Waals surface area (Å²) < 4.78 is 7.51. The largest absolute Gasteiger partial charge is 0.456 e. The van der Waals surface area contributed by atoms with Crippen molar-refractivity contribution in [1.29, 1.82) is 0 Å². The molecule has 362 valence electrons. The summed E-state index contributed by atoms with van der Waals surface area (Å²) in [6, 6.07) is 77.3. The molecule has 0 radical (unpaired) electrons. The molecule has 4 saturated carbocycles. The van der Waals surface area contributed by atoms with E-state index in [0.717, 1.165) is 51.8 Å². The Morgan fingerprint density at radius 3 is 1.27 bits per heavy atom. The summed E-state index contributed by atoms with van der Waals surface area (Å²) in [5.41, 5.74) is 17.0. The van der Waals surface area contributed by atoms with Crippen LogP contribution < -0.4 is 14.5 Å². The second-order valence-corrected chi connectivity index (χ2v) is 23.9. The molecule has 9 aromatic rings. The van der Waals surface area contributed by atoms with E-state index in [2.05, 4.69) is 258 Å². The standard InChI is InChI=1S/C70H66N2O/c1-68(2,3)52-25-33-57(34-26-52)71(56-29-21-50(22-30-56)48-15-9-7-10-16-48)60-37-38-66-63(44-60)70(54-40-46-39-47(42-54)43-55(70)41-46)64-45-65(61-19-13-14-20-62(61)67(64)73-66)72(59-35-27-53(28-36-59)69(4,5)6)58-31-23-51(24-32-58)49-17-11-8-12-18-49/h7-38,44-47,54-55H,39-43H2,1-6H3. The molecular weight excluding hydrogens is 885 g/mol. The fraction of sp³-hybridized carbons (Fsp3) is 0.257. The first kappa shape index (κ1) is 45.5. The van der Waals surface area contributed by atoms with Gasteiger partial charge < -0.3 is 14.5 Å². The van der Waals surface area contributed by atoms with Crippen LogP contribution in [0.5, 0.6) is 11.5 Å². The number of hydrogen-bond donors (Lipinski definition) is 0. The molecule has 9 aromatic carbocycles. The molecule has 3 nitrogen and oxygen atoms in total. The Morgan fingerprint density at radius 2 is 0.795 bits per heavy atom. The van der Waals surface area contributed by atoms with E-state index in [0.29, 0.717) is 11.8 Å². The normalized spacial score (nSPS) is 20.6. The Morgan fingerprint density at radius 1 is 0.384 bits per heavy atom. The monoisotopic (exact) mass is 951 g/mol. The molecule has 5 aliphatic rings. The lowest BCUT2D eigenvalue weighted by molar-refractivity contribution is -0.0450. The van der Waals surface area contributed by atoms with Crippen LogP contribution in [0.15, 0.2) is 206 Å². The summed E-state index contributed by atoms with van der Waals surface area (Å²) >= 11 is 0. The van der Waals surface area contributed by atoms with E-state index in [-0.39, 0.29) is 16.2 Å². The molecule has 0 unspecified atom stereocenters. The first-order valence-corrected chi connectivity index (χ1v) is 26.9. The Bertz CT molecular complexity index is 3440. The number of nitrogens with zero attached hydrogens (tertiary/aromatic N) is 2. The predicted molar refractivity (Wildman–Crippen MR) is 306 cm³/mol. The molecule has 0 N–H and O–H groups in total. The van der Waals surface area contributed by atoms with Crippen LogP contribution in [0.25, 0.3) is 33.0 Å². The Labute approximate surface area is 433 Å². The molecule has 73 heavy (non-hydrogen) atoms. The van der Waals surface area contributed by atoms with Gasteiger partial charge in [-0.25, -0.2) is 0 Å². The van der Waals surface area contributed by atoms with Crippen molar-refractivity contribution in [3.63, 3.8) is 0 Å². The molecule has 3 heteroatoms. The molecule has 4 bridgehead atoms. The zero-order valence-corrected chi connectivity index (χ0v) is 43.3. The third kappa shape index (κ3) is 7.77. The molecule has 1 spiro atoms. The minimum atomic E-state index is -0.233. The van der Waals surface area contributed by atoms with Gasteiger partial charge in [0.15, 0.2) is 0 Å². The number of hydrogen-bond acceptors (Lipinski definition) is 3. The van der Waals surface area contributed by atoms with Gasteiger partial charge in [0.25, 0.3) is 0 Å². The zero-order valence-electron chi connectivity index (χ0n) is 43.3. The quantitative estimate of drug-likeness (QED) is 0.151. The van der Waals surface area contributed by atoms with Gasteiger partial charge in [0, 0.05) is 55.8 Å². The highest BCUT2D eigenvalue weighted by atomic mass is 16.5. The predicted octanol–water partition coefficient (Wildman–Crippen LogP) is 19.6. The van der Waals surface area contributed by atoms with Crippen molar-refractivity contribution >= 4 is 44.9 Å². The van der Waals surface area contributed by atoms with Crippen LogP contribution in [0.2, 0.25) is 0 Å². The van der Waals surface area contributed by atoms with E-state index in [1.165, 1.54) is 93.1 Å². The van der Waals surface area contributed by atoms with Gasteiger partial charge in [0.1, 0.15) is 11.5 Å². The van der Waals surface area contributed by atoms with Crippen LogP contribution in [0.4, 0.5) is 34.1 Å². The lowest BCUT2D eigenvalue weighted by Gasteiger charge is -2.63. The summed E-state index contributed by atoms with van der Waals surface area (Å²) in [5.74, 6) is 4.63. The summed E-state index contributed by atoms with van der Waals surface area (Å²) in [6.07, 6.45) is 6.43. The van der Waals surface area contributed by atoms with Gasteiger partial charge >= 0.3 is 0 Å². The Kier molecular flexibility index (Phi) is 10.8. The number of ether oxygens (including phenoxy) is 1. The lowest BCUT2D eigenvalue weighted by atomic mass is 9.41. The average Bonchev–Trinajstić information content (AvgIpc) is 3.41. The highest BCUT2D eigenvalue weighted by molar-refractivity contribution is 6.04. The van der Waals surface area contributed by atoms with Gasteiger partial charge in [0.2, 0.25) is 0 Å². The van der Waals surface area contributed by atoms with Crippen LogP contribution in [-0.4, -0.2) is 0 Å². The number of rotatable bonds is 8. The van der Waals surface area contributed by atoms with Gasteiger partial charge in [-0.2, -0.15) is 0 Å². The summed E-state index contributed by atoms with van der Waals surface area (Å²) in [6.45, 7) is 13.8. The van der Waals surface area contributed by atoms with Crippen molar-refractivity contribution in [2.45, 2.75) is 89.9 Å². The van der Waals surface area contributed by atoms with Gasteiger partial charge in [-0.1, -0.05) is 175 Å². The second kappa shape index (κ2) is 17.4. The zero-order chi connectivity index (χ0) is 49.6. The molecule has 0 amide bonds. The second-order valence-electron chi connectivity index (χ2n) is 23.9. The smallest absolute Gasteiger partial charge is 0.139 e. The average molecular weight is 951 g/mol. The Hall–Kier alpha value is -7.36. The lowest BCUT2D eigenvalue weighted by Crippen LogP contribution is -2.57. The van der Waals surface area contributed by atoms with E-state index in [1.807, 2.05) is 0 Å². The minimum Gasteiger partial charge on any atom is -0.456 e. The Balaban J connectivity index is 1.02. The maximum absolute atomic E-state index is 7.51. The molecule has 1 aliphatic heterocycles. The summed E-state index contributed by atoms with van der Waals surface area (Å²) in [5, 5.41) is 2.37. The van der Waals surface area contributed by atoms with Crippen molar-refractivity contribution in [1.82, 2.24) is 0 Å². The topological polar surface area (TPSA) is 15.7 Å². The number of anilines is 6. The van der Waals surface area contributed by atoms with Gasteiger partial charge in [-0.3, -0.25) is 0 Å². The van der Waals surface area contributed by atoms with E-state index in [1.54, 1.807) is 0 Å². The molecule has 4 aliphatic carbocycles. The van der Waals surface area contributed by atoms with E-state index >= 15 is 0 Å². The third-order valence-electron chi connectivity index (χ3n) is 17.4. The van der Waals surface area contributed by atoms with Gasteiger partial charge in [-0.05, 0) is 173 Å². The van der Waals surface area contributed by atoms with Crippen molar-refractivity contribution in [3.8, 4) is 33.8 Å². The first-order valence-electron chi connectivity index (χ1n) is 26.9. The number of benzene rings is 9. The minimum absolute atomic E-state index is 0.0334. The van der Waals surface area contributed by atoms with Crippen LogP contribution in [0, 0.1) is 23.7 Å². The van der Waals surface area contributed by atoms with Crippen LogP contribution in [0.3, 0.4) is 0 Å². The van der Waals surface area contributed by atoms with Crippen molar-refractivity contribution in [2.24, 2.45) is 23.7 Å². The highest BCUT2D eigenvalue weighted by Crippen LogP contribution is 2.70. The van der Waals surface area contributed by atoms with Crippen LogP contribution in [-0.2, 0) is 16.2 Å². The molecular formula is C70H66N2O. The molecule has 14 rings (SSSR count). The third-order valence-corrected chi connectivity index (χ3v) is 17.4.